The zero-order valence-corrected chi connectivity index (χ0v) is 12.5. The fourth-order valence-corrected chi connectivity index (χ4v) is 3.53. The average molecular weight is 316 g/mol. The predicted octanol–water partition coefficient (Wildman–Crippen LogP) is 2.73. The number of thiazole rings is 1. The van der Waals surface area contributed by atoms with E-state index in [4.69, 9.17) is 9.47 Å². The highest BCUT2D eigenvalue weighted by Gasteiger charge is 2.21. The van der Waals surface area contributed by atoms with Gasteiger partial charge in [-0.15, -0.1) is 11.3 Å². The minimum absolute atomic E-state index is 0.0808. The summed E-state index contributed by atoms with van der Waals surface area (Å²) in [6, 6.07) is 5.54. The number of nitrogens with zero attached hydrogens (tertiary/aromatic N) is 2. The highest BCUT2D eigenvalue weighted by atomic mass is 32.1. The maximum Gasteiger partial charge on any atom is 0.309 e. The second kappa shape index (κ2) is 4.74. The molecule has 1 N–H and O–H groups in total. The Balaban J connectivity index is 1.92. The van der Waals surface area contributed by atoms with Gasteiger partial charge in [-0.1, -0.05) is 0 Å². The standard InChI is InChI=1S/C15H12N2O4S/c1-8-6-22-15-16-14(10(17(8)15)5-13(18)19)9-2-3-11-12(4-9)21-7-20-11/h2-4,6H,5,7H2,1H3,(H,18,19). The predicted molar refractivity (Wildman–Crippen MR) is 80.7 cm³/mol. The largest absolute Gasteiger partial charge is 0.481 e. The molecule has 0 fully saturated rings. The quantitative estimate of drug-likeness (QED) is 0.804. The Morgan fingerprint density at radius 1 is 1.41 bits per heavy atom. The van der Waals surface area contributed by atoms with E-state index in [1.165, 1.54) is 11.3 Å². The third-order valence-corrected chi connectivity index (χ3v) is 4.54. The number of aryl methyl sites for hydroxylation is 1. The van der Waals surface area contributed by atoms with Crippen molar-refractivity contribution in [2.75, 3.05) is 6.79 Å². The molecule has 0 saturated carbocycles. The molecule has 0 radical (unpaired) electrons. The lowest BCUT2D eigenvalue weighted by atomic mass is 10.1. The lowest BCUT2D eigenvalue weighted by molar-refractivity contribution is -0.136. The summed E-state index contributed by atoms with van der Waals surface area (Å²) in [5.74, 6) is 0.474. The highest BCUT2D eigenvalue weighted by molar-refractivity contribution is 7.15. The van der Waals surface area contributed by atoms with E-state index in [0.29, 0.717) is 22.9 Å². The van der Waals surface area contributed by atoms with Crippen molar-refractivity contribution < 1.29 is 19.4 Å². The van der Waals surface area contributed by atoms with Crippen LogP contribution in [-0.2, 0) is 11.2 Å². The van der Waals surface area contributed by atoms with E-state index >= 15 is 0 Å². The van der Waals surface area contributed by atoms with Gasteiger partial charge in [0.25, 0.3) is 0 Å². The molecule has 0 aliphatic carbocycles. The van der Waals surface area contributed by atoms with E-state index in [2.05, 4.69) is 4.98 Å². The summed E-state index contributed by atoms with van der Waals surface area (Å²) in [6.45, 7) is 2.15. The molecule has 7 heteroatoms. The van der Waals surface area contributed by atoms with Crippen molar-refractivity contribution in [2.45, 2.75) is 13.3 Å². The number of aromatic nitrogens is 2. The molecule has 2 aromatic heterocycles. The summed E-state index contributed by atoms with van der Waals surface area (Å²) in [6.07, 6.45) is -0.0808. The number of ether oxygens (including phenoxy) is 2. The van der Waals surface area contributed by atoms with Crippen LogP contribution in [0.25, 0.3) is 16.2 Å². The van der Waals surface area contributed by atoms with Crippen LogP contribution in [0.15, 0.2) is 23.6 Å². The van der Waals surface area contributed by atoms with Gasteiger partial charge >= 0.3 is 5.97 Å². The normalized spacial score (nSPS) is 13.0. The van der Waals surface area contributed by atoms with Gasteiger partial charge in [0, 0.05) is 16.6 Å². The summed E-state index contributed by atoms with van der Waals surface area (Å²) < 4.78 is 12.6. The Morgan fingerprint density at radius 2 is 2.23 bits per heavy atom. The molecular formula is C15H12N2O4S. The molecule has 0 unspecified atom stereocenters. The van der Waals surface area contributed by atoms with Gasteiger partial charge in [-0.3, -0.25) is 9.20 Å². The molecule has 112 valence electrons. The molecule has 0 spiro atoms. The maximum atomic E-state index is 11.2. The third kappa shape index (κ3) is 1.93. The van der Waals surface area contributed by atoms with Crippen molar-refractivity contribution in [3.63, 3.8) is 0 Å². The van der Waals surface area contributed by atoms with Crippen molar-refractivity contribution in [2.24, 2.45) is 0 Å². The number of rotatable bonds is 3. The van der Waals surface area contributed by atoms with Crippen molar-refractivity contribution in [3.05, 3.63) is 35.0 Å². The van der Waals surface area contributed by atoms with Crippen LogP contribution < -0.4 is 9.47 Å². The third-order valence-electron chi connectivity index (χ3n) is 3.59. The van der Waals surface area contributed by atoms with Gasteiger partial charge in [0.2, 0.25) is 6.79 Å². The average Bonchev–Trinajstić information content (AvgIpc) is 3.15. The Morgan fingerprint density at radius 3 is 3.05 bits per heavy atom. The van der Waals surface area contributed by atoms with Crippen molar-refractivity contribution in [1.82, 2.24) is 9.38 Å². The second-order valence-corrected chi connectivity index (χ2v) is 5.88. The summed E-state index contributed by atoms with van der Waals surface area (Å²) in [5.41, 5.74) is 3.17. The number of benzene rings is 1. The van der Waals surface area contributed by atoms with Crippen LogP contribution in [0, 0.1) is 6.92 Å². The second-order valence-electron chi connectivity index (χ2n) is 5.04. The minimum atomic E-state index is -0.880. The lowest BCUT2D eigenvalue weighted by Gasteiger charge is -2.04. The number of imidazole rings is 1. The Kier molecular flexibility index (Phi) is 2.83. The van der Waals surface area contributed by atoms with Gasteiger partial charge in [0.1, 0.15) is 0 Å². The molecule has 0 atom stereocenters. The number of carboxylic acids is 1. The molecule has 0 amide bonds. The minimum Gasteiger partial charge on any atom is -0.481 e. The molecular weight excluding hydrogens is 304 g/mol. The highest BCUT2D eigenvalue weighted by Crippen LogP contribution is 2.37. The molecule has 1 aromatic carbocycles. The van der Waals surface area contributed by atoms with Gasteiger partial charge in [-0.2, -0.15) is 0 Å². The van der Waals surface area contributed by atoms with Crippen LogP contribution in [-0.4, -0.2) is 27.3 Å². The van der Waals surface area contributed by atoms with E-state index in [9.17, 15) is 9.90 Å². The first kappa shape index (κ1) is 13.1. The smallest absolute Gasteiger partial charge is 0.309 e. The van der Waals surface area contributed by atoms with Crippen molar-refractivity contribution in [3.8, 4) is 22.8 Å². The van der Waals surface area contributed by atoms with Crippen LogP contribution in [0.3, 0.4) is 0 Å². The first-order valence-electron chi connectivity index (χ1n) is 6.71. The zero-order chi connectivity index (χ0) is 15.3. The molecule has 3 aromatic rings. The van der Waals surface area contributed by atoms with Gasteiger partial charge in [-0.25, -0.2) is 4.98 Å². The molecule has 4 rings (SSSR count). The Hall–Kier alpha value is -2.54. The molecule has 1 aliphatic heterocycles. The van der Waals surface area contributed by atoms with E-state index in [1.54, 1.807) is 0 Å². The van der Waals surface area contributed by atoms with E-state index in [-0.39, 0.29) is 13.2 Å². The lowest BCUT2D eigenvalue weighted by Crippen LogP contribution is -2.05. The molecule has 1 aliphatic rings. The fraction of sp³-hybridized carbons (Fsp3) is 0.200. The van der Waals surface area contributed by atoms with Gasteiger partial charge in [0.15, 0.2) is 16.5 Å². The summed E-state index contributed by atoms with van der Waals surface area (Å²) >= 11 is 1.50. The number of carbonyl (C=O) groups is 1. The van der Waals surface area contributed by atoms with E-state index in [1.807, 2.05) is 34.9 Å². The number of fused-ring (bicyclic) bond motifs is 2. The van der Waals surface area contributed by atoms with Crippen LogP contribution in [0.2, 0.25) is 0 Å². The number of carboxylic acid groups (broad SMARTS) is 1. The first-order chi connectivity index (χ1) is 10.6. The summed E-state index contributed by atoms with van der Waals surface area (Å²) in [7, 11) is 0. The Labute approximate surface area is 129 Å². The number of hydrogen-bond donors (Lipinski definition) is 1. The number of aliphatic carboxylic acids is 1. The molecule has 0 saturated heterocycles. The first-order valence-corrected chi connectivity index (χ1v) is 7.58. The van der Waals surface area contributed by atoms with Crippen molar-refractivity contribution in [1.29, 1.82) is 0 Å². The van der Waals surface area contributed by atoms with Gasteiger partial charge in [-0.05, 0) is 25.1 Å². The molecule has 6 nitrogen and oxygen atoms in total. The molecule has 0 bridgehead atoms. The summed E-state index contributed by atoms with van der Waals surface area (Å²) in [4.78, 5) is 16.6. The van der Waals surface area contributed by atoms with Crippen molar-refractivity contribution >= 4 is 22.3 Å². The monoisotopic (exact) mass is 316 g/mol. The van der Waals surface area contributed by atoms with E-state index in [0.717, 1.165) is 16.2 Å². The molecule has 22 heavy (non-hydrogen) atoms. The summed E-state index contributed by atoms with van der Waals surface area (Å²) in [5, 5.41) is 11.2. The van der Waals surface area contributed by atoms with Gasteiger partial charge in [0.05, 0.1) is 17.8 Å². The molecule has 3 heterocycles. The Bertz CT molecular complexity index is 896. The SMILES string of the molecule is Cc1csc2nc(-c3ccc4c(c3)OCO4)c(CC(=O)O)n12. The van der Waals surface area contributed by atoms with Gasteiger partial charge < -0.3 is 14.6 Å². The maximum absolute atomic E-state index is 11.2. The van der Waals surface area contributed by atoms with E-state index < -0.39 is 5.97 Å². The van der Waals surface area contributed by atoms with Crippen LogP contribution in [0.1, 0.15) is 11.4 Å². The number of hydrogen-bond acceptors (Lipinski definition) is 5. The van der Waals surface area contributed by atoms with Crippen LogP contribution >= 0.6 is 11.3 Å². The van der Waals surface area contributed by atoms with Crippen LogP contribution in [0.4, 0.5) is 0 Å². The zero-order valence-electron chi connectivity index (χ0n) is 11.7. The topological polar surface area (TPSA) is 73.1 Å². The van der Waals surface area contributed by atoms with Crippen LogP contribution in [0.5, 0.6) is 11.5 Å². The fourth-order valence-electron chi connectivity index (χ4n) is 2.65.